The molecule has 0 saturated carbocycles. The maximum Gasteiger partial charge on any atom is 0.165 e. The maximum absolute atomic E-state index is 13.2. The minimum absolute atomic E-state index is 0.115. The number of aromatic hydroxyl groups is 1. The van der Waals surface area contributed by atoms with Gasteiger partial charge in [-0.25, -0.2) is 4.39 Å². The summed E-state index contributed by atoms with van der Waals surface area (Å²) in [7, 11) is 0. The van der Waals surface area contributed by atoms with Crippen LogP contribution in [0.3, 0.4) is 0 Å². The van der Waals surface area contributed by atoms with Crippen LogP contribution in [-0.2, 0) is 6.54 Å². The number of phenols is 1. The summed E-state index contributed by atoms with van der Waals surface area (Å²) in [5, 5.41) is 12.7. The molecule has 0 spiro atoms. The van der Waals surface area contributed by atoms with E-state index in [4.69, 9.17) is 9.47 Å². The summed E-state index contributed by atoms with van der Waals surface area (Å²) in [4.78, 5) is 0. The number of fused-ring (bicyclic) bond motifs is 1. The van der Waals surface area contributed by atoms with Crippen LogP contribution in [0.25, 0.3) is 0 Å². The third kappa shape index (κ3) is 3.08. The van der Waals surface area contributed by atoms with Gasteiger partial charge in [-0.3, -0.25) is 0 Å². The first-order valence-corrected chi connectivity index (χ1v) is 6.79. The molecule has 2 aromatic carbocycles. The predicted molar refractivity (Wildman–Crippen MR) is 76.1 cm³/mol. The number of rotatable bonds is 4. The average Bonchev–Trinajstić information content (AvgIpc) is 2.51. The van der Waals surface area contributed by atoms with E-state index in [9.17, 15) is 9.50 Å². The van der Waals surface area contributed by atoms with Gasteiger partial charge in [0.2, 0.25) is 0 Å². The number of benzene rings is 2. The van der Waals surface area contributed by atoms with Gasteiger partial charge >= 0.3 is 0 Å². The second-order valence-electron chi connectivity index (χ2n) is 4.88. The van der Waals surface area contributed by atoms with Gasteiger partial charge in [-0.05, 0) is 18.2 Å². The van der Waals surface area contributed by atoms with E-state index in [-0.39, 0.29) is 11.9 Å². The molecule has 0 aromatic heterocycles. The zero-order valence-corrected chi connectivity index (χ0v) is 11.4. The first kappa shape index (κ1) is 13.7. The molecule has 1 atom stereocenters. The van der Waals surface area contributed by atoms with E-state index >= 15 is 0 Å². The van der Waals surface area contributed by atoms with Gasteiger partial charge in [-0.1, -0.05) is 24.3 Å². The third-order valence-corrected chi connectivity index (χ3v) is 3.33. The topological polar surface area (TPSA) is 50.7 Å². The van der Waals surface area contributed by atoms with Gasteiger partial charge in [0.1, 0.15) is 12.7 Å². The molecule has 4 nitrogen and oxygen atoms in total. The summed E-state index contributed by atoms with van der Waals surface area (Å²) >= 11 is 0. The molecule has 1 unspecified atom stereocenters. The Morgan fingerprint density at radius 1 is 1.14 bits per heavy atom. The Kier molecular flexibility index (Phi) is 3.92. The van der Waals surface area contributed by atoms with Crippen molar-refractivity contribution in [3.8, 4) is 17.2 Å². The van der Waals surface area contributed by atoms with Crippen molar-refractivity contribution < 1.29 is 19.0 Å². The van der Waals surface area contributed by atoms with Crippen LogP contribution >= 0.6 is 0 Å². The minimum atomic E-state index is -0.611. The Hall–Kier alpha value is -2.27. The van der Waals surface area contributed by atoms with Crippen molar-refractivity contribution >= 4 is 0 Å². The molecule has 0 aliphatic carbocycles. The Balaban J connectivity index is 1.54. The Bertz CT molecular complexity index is 633. The maximum atomic E-state index is 13.2. The molecular formula is C16H16FNO3. The van der Waals surface area contributed by atoms with Crippen molar-refractivity contribution in [1.29, 1.82) is 0 Å². The van der Waals surface area contributed by atoms with Crippen LogP contribution in [0.4, 0.5) is 4.39 Å². The molecule has 1 aliphatic heterocycles. The first-order chi connectivity index (χ1) is 10.2. The van der Waals surface area contributed by atoms with Gasteiger partial charge in [0, 0.05) is 18.7 Å². The number of hydrogen-bond donors (Lipinski definition) is 2. The quantitative estimate of drug-likeness (QED) is 0.908. The summed E-state index contributed by atoms with van der Waals surface area (Å²) in [6.45, 7) is 1.37. The molecule has 2 N–H and O–H groups in total. The first-order valence-electron chi connectivity index (χ1n) is 6.79. The molecule has 1 heterocycles. The summed E-state index contributed by atoms with van der Waals surface area (Å²) in [6.07, 6.45) is -0.115. The molecule has 110 valence electrons. The third-order valence-electron chi connectivity index (χ3n) is 3.33. The van der Waals surface area contributed by atoms with E-state index in [1.54, 1.807) is 12.1 Å². The fourth-order valence-corrected chi connectivity index (χ4v) is 2.23. The smallest absolute Gasteiger partial charge is 0.165 e. The second kappa shape index (κ2) is 6.01. The van der Waals surface area contributed by atoms with Crippen LogP contribution in [0.1, 0.15) is 5.56 Å². The van der Waals surface area contributed by atoms with Crippen LogP contribution in [0.2, 0.25) is 0 Å². The van der Waals surface area contributed by atoms with Crippen LogP contribution in [0.5, 0.6) is 17.2 Å². The number of para-hydroxylation sites is 3. The lowest BCUT2D eigenvalue weighted by molar-refractivity contribution is 0.0902. The molecule has 0 saturated heterocycles. The molecule has 0 radical (unpaired) electrons. The molecule has 0 bridgehead atoms. The highest BCUT2D eigenvalue weighted by atomic mass is 19.1. The van der Waals surface area contributed by atoms with Crippen molar-refractivity contribution in [2.75, 3.05) is 13.2 Å². The Morgan fingerprint density at radius 3 is 2.81 bits per heavy atom. The van der Waals surface area contributed by atoms with Crippen molar-refractivity contribution in [2.45, 2.75) is 12.6 Å². The molecule has 0 fully saturated rings. The lowest BCUT2D eigenvalue weighted by Gasteiger charge is -2.26. The zero-order chi connectivity index (χ0) is 14.7. The summed E-state index contributed by atoms with van der Waals surface area (Å²) < 4.78 is 24.6. The van der Waals surface area contributed by atoms with E-state index in [2.05, 4.69) is 5.32 Å². The van der Waals surface area contributed by atoms with Crippen LogP contribution in [-0.4, -0.2) is 24.4 Å². The molecular weight excluding hydrogens is 273 g/mol. The van der Waals surface area contributed by atoms with E-state index in [0.717, 1.165) is 11.5 Å². The van der Waals surface area contributed by atoms with Gasteiger partial charge < -0.3 is 19.9 Å². The van der Waals surface area contributed by atoms with E-state index in [0.29, 0.717) is 25.3 Å². The summed E-state index contributed by atoms with van der Waals surface area (Å²) in [6, 6.07) is 12.0. The highest BCUT2D eigenvalue weighted by Gasteiger charge is 2.20. The van der Waals surface area contributed by atoms with Gasteiger partial charge in [0.15, 0.2) is 23.1 Å². The highest BCUT2D eigenvalue weighted by molar-refractivity contribution is 5.40. The van der Waals surface area contributed by atoms with Gasteiger partial charge in [-0.2, -0.15) is 0 Å². The molecule has 0 amide bonds. The lowest BCUT2D eigenvalue weighted by Crippen LogP contribution is -2.38. The van der Waals surface area contributed by atoms with E-state index < -0.39 is 5.82 Å². The number of nitrogens with one attached hydrogen (secondary N) is 1. The van der Waals surface area contributed by atoms with Crippen LogP contribution in [0, 0.1) is 5.82 Å². The van der Waals surface area contributed by atoms with Crippen LogP contribution in [0.15, 0.2) is 42.5 Å². The molecule has 3 rings (SSSR count). The van der Waals surface area contributed by atoms with E-state index in [1.807, 2.05) is 24.3 Å². The van der Waals surface area contributed by atoms with Gasteiger partial charge in [0.25, 0.3) is 0 Å². The largest absolute Gasteiger partial charge is 0.505 e. The molecule has 21 heavy (non-hydrogen) atoms. The van der Waals surface area contributed by atoms with Crippen molar-refractivity contribution in [3.63, 3.8) is 0 Å². The van der Waals surface area contributed by atoms with Crippen molar-refractivity contribution in [1.82, 2.24) is 5.32 Å². The fraction of sp³-hybridized carbons (Fsp3) is 0.250. The zero-order valence-electron chi connectivity index (χ0n) is 11.4. The number of halogens is 1. The Morgan fingerprint density at radius 2 is 1.95 bits per heavy atom. The molecule has 2 aromatic rings. The predicted octanol–water partition coefficient (Wildman–Crippen LogP) is 2.46. The Labute approximate surface area is 122 Å². The number of hydrogen-bond acceptors (Lipinski definition) is 4. The number of ether oxygens (including phenoxy) is 2. The molecule has 5 heteroatoms. The second-order valence-corrected chi connectivity index (χ2v) is 4.88. The summed E-state index contributed by atoms with van der Waals surface area (Å²) in [5.74, 6) is 0.553. The monoisotopic (exact) mass is 289 g/mol. The summed E-state index contributed by atoms with van der Waals surface area (Å²) in [5.41, 5.74) is 0.520. The van der Waals surface area contributed by atoms with Gasteiger partial charge in [-0.15, -0.1) is 0 Å². The van der Waals surface area contributed by atoms with Crippen molar-refractivity contribution in [3.05, 3.63) is 53.8 Å². The normalized spacial score (nSPS) is 16.7. The highest BCUT2D eigenvalue weighted by Crippen LogP contribution is 2.30. The van der Waals surface area contributed by atoms with Crippen molar-refractivity contribution in [2.24, 2.45) is 0 Å². The fourth-order valence-electron chi connectivity index (χ4n) is 2.23. The minimum Gasteiger partial charge on any atom is -0.505 e. The number of phenolic OH excluding ortho intramolecular Hbond substituents is 1. The van der Waals surface area contributed by atoms with E-state index in [1.165, 1.54) is 6.07 Å². The van der Waals surface area contributed by atoms with Crippen LogP contribution < -0.4 is 14.8 Å². The standard InChI is InChI=1S/C16H16FNO3/c17-13-5-3-4-11(16(13)19)8-18-9-12-10-20-14-6-1-2-7-15(14)21-12/h1-7,12,18-19H,8-10H2. The van der Waals surface area contributed by atoms with Gasteiger partial charge in [0.05, 0.1) is 0 Å². The average molecular weight is 289 g/mol. The lowest BCUT2D eigenvalue weighted by atomic mass is 10.2. The SMILES string of the molecule is Oc1c(F)cccc1CNCC1COc2ccccc2O1. The molecule has 1 aliphatic rings.